The Morgan fingerprint density at radius 1 is 1.15 bits per heavy atom. The average Bonchev–Trinajstić information content (AvgIpc) is 2.57. The number of carbonyl (C=O) groups is 1. The van der Waals surface area contributed by atoms with Gasteiger partial charge in [0, 0.05) is 0 Å². The molecule has 0 heterocycles. The van der Waals surface area contributed by atoms with Gasteiger partial charge in [-0.15, -0.1) is 13.2 Å². The third-order valence-corrected chi connectivity index (χ3v) is 3.63. The first-order valence-electron chi connectivity index (χ1n) is 6.79. The number of alkyl halides is 3. The molecular weight excluding hydrogens is 394 g/mol. The maximum Gasteiger partial charge on any atom is 0.573 e. The fourth-order valence-electron chi connectivity index (χ4n) is 1.81. The molecule has 2 aromatic carbocycles. The number of ketones is 1. The molecule has 26 heavy (non-hydrogen) atoms. The number of hydrogen-bond acceptors (Lipinski definition) is 5. The highest BCUT2D eigenvalue weighted by Gasteiger charge is 2.33. The quantitative estimate of drug-likeness (QED) is 0.431. The molecule has 0 fully saturated rings. The van der Waals surface area contributed by atoms with Gasteiger partial charge < -0.3 is 4.74 Å². The van der Waals surface area contributed by atoms with Crippen LogP contribution in [0.3, 0.4) is 0 Å². The number of anilines is 1. The third kappa shape index (κ3) is 5.12. The number of benzene rings is 2. The number of hydrogen-bond donors (Lipinski definition) is 1. The first kappa shape index (κ1) is 19.6. The molecular formula is C16H8Cl2F3N3O2. The number of nitrogens with one attached hydrogen (secondary N) is 1. The van der Waals surface area contributed by atoms with Crippen LogP contribution in [0.15, 0.2) is 47.6 Å². The number of hydrazone groups is 1. The molecule has 0 amide bonds. The zero-order valence-electron chi connectivity index (χ0n) is 12.6. The van der Waals surface area contributed by atoms with Crippen molar-refractivity contribution in [1.82, 2.24) is 0 Å². The van der Waals surface area contributed by atoms with E-state index in [0.717, 1.165) is 12.1 Å². The molecule has 0 aliphatic carbocycles. The number of nitriles is 1. The molecule has 0 radical (unpaired) electrons. The Bertz CT molecular complexity index is 908. The number of Topliss-reactive ketones (excluding diaryl/α,β-unsaturated/α-hetero) is 1. The summed E-state index contributed by atoms with van der Waals surface area (Å²) in [6.45, 7) is 0. The second kappa shape index (κ2) is 8.08. The van der Waals surface area contributed by atoms with E-state index in [9.17, 15) is 18.0 Å². The standard InChI is InChI=1S/C16H8Cl2F3N3O2/c17-11-6-5-9(7-12(11)18)23-24-13(8-22)15(25)10-3-1-2-4-14(10)26-16(19,20)21/h1-7,23H/b24-13+. The maximum atomic E-state index is 12.4. The van der Waals surface area contributed by atoms with Crippen LogP contribution < -0.4 is 10.2 Å². The van der Waals surface area contributed by atoms with E-state index in [0.29, 0.717) is 5.69 Å². The molecule has 0 saturated carbocycles. The van der Waals surface area contributed by atoms with Gasteiger partial charge in [0.1, 0.15) is 11.8 Å². The molecule has 2 rings (SSSR count). The lowest BCUT2D eigenvalue weighted by molar-refractivity contribution is -0.274. The number of carbonyl (C=O) groups excluding carboxylic acids is 1. The third-order valence-electron chi connectivity index (χ3n) is 2.89. The van der Waals surface area contributed by atoms with Crippen molar-refractivity contribution in [2.75, 3.05) is 5.43 Å². The van der Waals surface area contributed by atoms with Crippen molar-refractivity contribution in [3.63, 3.8) is 0 Å². The number of nitrogens with zero attached hydrogens (tertiary/aromatic N) is 2. The molecule has 5 nitrogen and oxygen atoms in total. The van der Waals surface area contributed by atoms with E-state index in [4.69, 9.17) is 28.5 Å². The van der Waals surface area contributed by atoms with Gasteiger partial charge in [-0.05, 0) is 30.3 Å². The lowest BCUT2D eigenvalue weighted by Crippen LogP contribution is -2.21. The minimum atomic E-state index is -4.99. The monoisotopic (exact) mass is 401 g/mol. The second-order valence-corrected chi connectivity index (χ2v) is 5.50. The van der Waals surface area contributed by atoms with Crippen LogP contribution in [0.5, 0.6) is 5.75 Å². The Balaban J connectivity index is 2.29. The molecule has 0 bridgehead atoms. The van der Waals surface area contributed by atoms with Gasteiger partial charge in [-0.3, -0.25) is 10.2 Å². The summed E-state index contributed by atoms with van der Waals surface area (Å²) in [6.07, 6.45) is -4.99. The second-order valence-electron chi connectivity index (χ2n) is 4.69. The van der Waals surface area contributed by atoms with Crippen molar-refractivity contribution in [3.05, 3.63) is 58.1 Å². The Kier molecular flexibility index (Phi) is 6.08. The number of halogens is 5. The summed E-state index contributed by atoms with van der Waals surface area (Å²) in [7, 11) is 0. The zero-order chi connectivity index (χ0) is 19.3. The number of ether oxygens (including phenoxy) is 1. The maximum absolute atomic E-state index is 12.4. The highest BCUT2D eigenvalue weighted by molar-refractivity contribution is 6.51. The van der Waals surface area contributed by atoms with Gasteiger partial charge in [-0.2, -0.15) is 10.4 Å². The van der Waals surface area contributed by atoms with Gasteiger partial charge >= 0.3 is 6.36 Å². The minimum absolute atomic E-state index is 0.209. The van der Waals surface area contributed by atoms with Gasteiger partial charge in [0.15, 0.2) is 0 Å². The summed E-state index contributed by atoms with van der Waals surface area (Å²) < 4.78 is 41.1. The Morgan fingerprint density at radius 2 is 1.85 bits per heavy atom. The normalized spacial score (nSPS) is 11.6. The van der Waals surface area contributed by atoms with Crippen molar-refractivity contribution in [1.29, 1.82) is 5.26 Å². The van der Waals surface area contributed by atoms with Crippen LogP contribution >= 0.6 is 23.2 Å². The van der Waals surface area contributed by atoms with E-state index >= 15 is 0 Å². The lowest BCUT2D eigenvalue weighted by Gasteiger charge is -2.11. The topological polar surface area (TPSA) is 74.5 Å². The van der Waals surface area contributed by atoms with Crippen LogP contribution in [-0.2, 0) is 0 Å². The van der Waals surface area contributed by atoms with E-state index in [-0.39, 0.29) is 10.0 Å². The van der Waals surface area contributed by atoms with Crippen molar-refractivity contribution >= 4 is 40.4 Å². The largest absolute Gasteiger partial charge is 0.573 e. The van der Waals surface area contributed by atoms with Gasteiger partial charge in [-0.1, -0.05) is 35.3 Å². The van der Waals surface area contributed by atoms with Crippen molar-refractivity contribution < 1.29 is 22.7 Å². The van der Waals surface area contributed by atoms with Crippen molar-refractivity contribution in [2.45, 2.75) is 6.36 Å². The smallest absolute Gasteiger partial charge is 0.405 e. The number of para-hydroxylation sites is 1. The van der Waals surface area contributed by atoms with E-state index in [1.54, 1.807) is 0 Å². The van der Waals surface area contributed by atoms with Crippen molar-refractivity contribution in [2.24, 2.45) is 5.10 Å². The van der Waals surface area contributed by atoms with Gasteiger partial charge in [0.2, 0.25) is 11.5 Å². The fourth-order valence-corrected chi connectivity index (χ4v) is 2.11. The predicted octanol–water partition coefficient (Wildman–Crippen LogP) is 5.07. The van der Waals surface area contributed by atoms with Gasteiger partial charge in [0.25, 0.3) is 0 Å². The summed E-state index contributed by atoms with van der Waals surface area (Å²) in [5, 5.41) is 13.2. The SMILES string of the molecule is N#C/C(=N\Nc1ccc(Cl)c(Cl)c1)C(=O)c1ccccc1OC(F)(F)F. The van der Waals surface area contributed by atoms with Gasteiger partial charge in [0.05, 0.1) is 21.3 Å². The minimum Gasteiger partial charge on any atom is -0.405 e. The van der Waals surface area contributed by atoms with E-state index in [1.807, 2.05) is 0 Å². The lowest BCUT2D eigenvalue weighted by atomic mass is 10.1. The van der Waals surface area contributed by atoms with E-state index in [1.165, 1.54) is 36.4 Å². The van der Waals surface area contributed by atoms with Crippen LogP contribution in [0.4, 0.5) is 18.9 Å². The molecule has 134 valence electrons. The van der Waals surface area contributed by atoms with Crippen LogP contribution in [0, 0.1) is 11.3 Å². The molecule has 0 atom stereocenters. The molecule has 0 unspecified atom stereocenters. The molecule has 0 aromatic heterocycles. The molecule has 1 N–H and O–H groups in total. The summed E-state index contributed by atoms with van der Waals surface area (Å²) in [4.78, 5) is 12.3. The molecule has 2 aromatic rings. The van der Waals surface area contributed by atoms with E-state index in [2.05, 4.69) is 15.3 Å². The predicted molar refractivity (Wildman–Crippen MR) is 90.6 cm³/mol. The highest BCUT2D eigenvalue weighted by Crippen LogP contribution is 2.27. The van der Waals surface area contributed by atoms with Crippen molar-refractivity contribution in [3.8, 4) is 11.8 Å². The first-order valence-corrected chi connectivity index (χ1v) is 7.55. The average molecular weight is 402 g/mol. The molecule has 0 aliphatic heterocycles. The number of rotatable bonds is 5. The fraction of sp³-hybridized carbons (Fsp3) is 0.0625. The van der Waals surface area contributed by atoms with Crippen LogP contribution in [0.2, 0.25) is 10.0 Å². The summed E-state index contributed by atoms with van der Waals surface area (Å²) in [5.41, 5.74) is 1.61. The molecule has 0 spiro atoms. The molecule has 10 heteroatoms. The Morgan fingerprint density at radius 3 is 2.46 bits per heavy atom. The van der Waals surface area contributed by atoms with Gasteiger partial charge in [-0.25, -0.2) is 0 Å². The van der Waals surface area contributed by atoms with Crippen LogP contribution in [0.25, 0.3) is 0 Å². The van der Waals surface area contributed by atoms with E-state index < -0.39 is 29.2 Å². The summed E-state index contributed by atoms with van der Waals surface area (Å²) in [6, 6.07) is 10.5. The Labute approximate surface area is 155 Å². The summed E-state index contributed by atoms with van der Waals surface area (Å²) in [5.74, 6) is -1.78. The zero-order valence-corrected chi connectivity index (χ0v) is 14.2. The molecule has 0 aliphatic rings. The highest BCUT2D eigenvalue weighted by atomic mass is 35.5. The van der Waals surface area contributed by atoms with Crippen LogP contribution in [-0.4, -0.2) is 17.9 Å². The first-order chi connectivity index (χ1) is 12.2. The molecule has 0 saturated heterocycles. The summed E-state index contributed by atoms with van der Waals surface area (Å²) >= 11 is 11.6. The Hall–Kier alpha value is -2.76. The van der Waals surface area contributed by atoms with Crippen LogP contribution in [0.1, 0.15) is 10.4 Å².